The fraction of sp³-hybridized carbons (Fsp3) is 0.214. The fourth-order valence-electron chi connectivity index (χ4n) is 1.38. The normalized spacial score (nSPS) is 12.4. The van der Waals surface area contributed by atoms with E-state index in [-0.39, 0.29) is 10.8 Å². The molecule has 0 aliphatic heterocycles. The lowest BCUT2D eigenvalue weighted by Crippen LogP contribution is -2.22. The van der Waals surface area contributed by atoms with E-state index in [1.54, 1.807) is 30.4 Å². The molecule has 1 aromatic carbocycles. The van der Waals surface area contributed by atoms with Gasteiger partial charge in [0.15, 0.2) is 0 Å². The summed E-state index contributed by atoms with van der Waals surface area (Å²) in [5, 5.41) is 2.61. The highest BCUT2D eigenvalue weighted by atomic mass is 32.2. The predicted octanol–water partition coefficient (Wildman–Crippen LogP) is 2.01. The van der Waals surface area contributed by atoms with E-state index in [9.17, 15) is 13.2 Å². The van der Waals surface area contributed by atoms with Crippen LogP contribution in [-0.2, 0) is 14.8 Å². The number of hydrogen-bond donors (Lipinski definition) is 1. The molecule has 0 fully saturated rings. The van der Waals surface area contributed by atoms with Crippen LogP contribution >= 0.6 is 0 Å². The molecule has 1 amide bonds. The van der Waals surface area contributed by atoms with Crippen molar-refractivity contribution in [1.29, 1.82) is 0 Å². The van der Waals surface area contributed by atoms with Crippen LogP contribution in [0.25, 0.3) is 0 Å². The first-order valence-electron chi connectivity index (χ1n) is 6.01. The first-order valence-corrected chi connectivity index (χ1v) is 7.45. The van der Waals surface area contributed by atoms with Gasteiger partial charge in [0.25, 0.3) is 0 Å². The Bertz CT molecular complexity index is 632. The number of allylic oxidation sites excluding steroid dienone is 3. The van der Waals surface area contributed by atoms with Crippen molar-refractivity contribution in [3.05, 3.63) is 48.6 Å². The van der Waals surface area contributed by atoms with Gasteiger partial charge in [-0.1, -0.05) is 24.3 Å². The van der Waals surface area contributed by atoms with Crippen molar-refractivity contribution >= 4 is 21.6 Å². The van der Waals surface area contributed by atoms with Crippen molar-refractivity contribution in [2.75, 3.05) is 19.4 Å². The molecule has 0 radical (unpaired) electrons. The number of anilines is 1. The van der Waals surface area contributed by atoms with E-state index in [4.69, 9.17) is 0 Å². The zero-order chi connectivity index (χ0) is 15.2. The van der Waals surface area contributed by atoms with E-state index in [0.29, 0.717) is 5.69 Å². The predicted molar refractivity (Wildman–Crippen MR) is 79.9 cm³/mol. The van der Waals surface area contributed by atoms with Gasteiger partial charge in [0.2, 0.25) is 15.9 Å². The number of nitrogens with one attached hydrogen (secondary N) is 1. The zero-order valence-corrected chi connectivity index (χ0v) is 12.5. The number of hydrogen-bond acceptors (Lipinski definition) is 3. The molecule has 0 saturated carbocycles. The molecule has 0 atom stereocenters. The number of benzene rings is 1. The van der Waals surface area contributed by atoms with Crippen LogP contribution in [0.15, 0.2) is 53.5 Å². The second-order valence-electron chi connectivity index (χ2n) is 4.19. The third-order valence-electron chi connectivity index (χ3n) is 2.43. The van der Waals surface area contributed by atoms with Crippen LogP contribution in [-0.4, -0.2) is 32.7 Å². The quantitative estimate of drug-likeness (QED) is 0.667. The number of nitrogens with zero attached hydrogens (tertiary/aromatic N) is 1. The van der Waals surface area contributed by atoms with Crippen molar-refractivity contribution in [3.8, 4) is 0 Å². The van der Waals surface area contributed by atoms with Crippen LogP contribution in [0, 0.1) is 0 Å². The summed E-state index contributed by atoms with van der Waals surface area (Å²) < 4.78 is 25.1. The van der Waals surface area contributed by atoms with Gasteiger partial charge in [-0.15, -0.1) is 0 Å². The fourth-order valence-corrected chi connectivity index (χ4v) is 2.33. The van der Waals surface area contributed by atoms with Crippen molar-refractivity contribution in [3.63, 3.8) is 0 Å². The molecule has 108 valence electrons. The molecule has 1 aromatic rings. The van der Waals surface area contributed by atoms with Crippen LogP contribution in [0.3, 0.4) is 0 Å². The maximum atomic E-state index is 12.0. The minimum atomic E-state index is -3.50. The first kappa shape index (κ1) is 16.1. The second kappa shape index (κ2) is 7.02. The van der Waals surface area contributed by atoms with Gasteiger partial charge >= 0.3 is 0 Å². The lowest BCUT2D eigenvalue weighted by atomic mass is 10.3. The third kappa shape index (κ3) is 4.32. The van der Waals surface area contributed by atoms with Crippen LogP contribution < -0.4 is 5.32 Å². The van der Waals surface area contributed by atoms with Crippen molar-refractivity contribution in [2.24, 2.45) is 0 Å². The highest BCUT2D eigenvalue weighted by molar-refractivity contribution is 7.89. The van der Waals surface area contributed by atoms with Gasteiger partial charge in [-0.3, -0.25) is 4.79 Å². The largest absolute Gasteiger partial charge is 0.322 e. The van der Waals surface area contributed by atoms with E-state index < -0.39 is 10.0 Å². The monoisotopic (exact) mass is 294 g/mol. The summed E-state index contributed by atoms with van der Waals surface area (Å²) >= 11 is 0. The molecule has 0 spiro atoms. The average Bonchev–Trinajstić information content (AvgIpc) is 2.39. The van der Waals surface area contributed by atoms with Crippen LogP contribution in [0.4, 0.5) is 5.69 Å². The van der Waals surface area contributed by atoms with Gasteiger partial charge in [-0.25, -0.2) is 12.7 Å². The average molecular weight is 294 g/mol. The second-order valence-corrected chi connectivity index (χ2v) is 6.34. The van der Waals surface area contributed by atoms with E-state index in [0.717, 1.165) is 4.31 Å². The Balaban J connectivity index is 2.92. The molecule has 1 N–H and O–H groups in total. The lowest BCUT2D eigenvalue weighted by Gasteiger charge is -2.12. The zero-order valence-electron chi connectivity index (χ0n) is 11.7. The molecule has 0 aliphatic rings. The minimum Gasteiger partial charge on any atom is -0.322 e. The highest BCUT2D eigenvalue weighted by Gasteiger charge is 2.17. The molecule has 20 heavy (non-hydrogen) atoms. The summed E-state index contributed by atoms with van der Waals surface area (Å²) in [4.78, 5) is 11.7. The Morgan fingerprint density at radius 1 is 1.25 bits per heavy atom. The third-order valence-corrected chi connectivity index (χ3v) is 4.24. The standard InChI is InChI=1S/C14H18N2O3S/c1-4-5-6-10-14(17)15-12-8-7-9-13(11-12)20(18,19)16(2)3/h4-11H,1-3H3,(H,15,17). The molecule has 0 bridgehead atoms. The first-order chi connectivity index (χ1) is 9.37. The topological polar surface area (TPSA) is 66.5 Å². The molecule has 0 aliphatic carbocycles. The number of rotatable bonds is 5. The molecule has 0 saturated heterocycles. The number of carbonyl (C=O) groups is 1. The summed E-state index contributed by atoms with van der Waals surface area (Å²) in [5.74, 6) is -0.317. The smallest absolute Gasteiger partial charge is 0.248 e. The summed E-state index contributed by atoms with van der Waals surface area (Å²) in [6.07, 6.45) is 6.50. The minimum absolute atomic E-state index is 0.137. The van der Waals surface area contributed by atoms with E-state index in [1.807, 2.05) is 6.92 Å². The summed E-state index contributed by atoms with van der Waals surface area (Å²) in [6, 6.07) is 6.13. The Morgan fingerprint density at radius 3 is 2.55 bits per heavy atom. The van der Waals surface area contributed by atoms with E-state index >= 15 is 0 Å². The van der Waals surface area contributed by atoms with Crippen LogP contribution in [0.2, 0.25) is 0 Å². The summed E-state index contributed by atoms with van der Waals surface area (Å²) in [6.45, 7) is 1.85. The van der Waals surface area contributed by atoms with Gasteiger partial charge < -0.3 is 5.32 Å². The van der Waals surface area contributed by atoms with Gasteiger partial charge in [0.1, 0.15) is 0 Å². The SMILES string of the molecule is CC=CC=CC(=O)Nc1cccc(S(=O)(=O)N(C)C)c1. The molecule has 5 nitrogen and oxygen atoms in total. The highest BCUT2D eigenvalue weighted by Crippen LogP contribution is 2.17. The summed E-state index contributed by atoms with van der Waals surface area (Å²) in [7, 11) is -0.586. The van der Waals surface area contributed by atoms with Gasteiger partial charge in [-0.2, -0.15) is 0 Å². The Hall–Kier alpha value is -1.92. The van der Waals surface area contributed by atoms with Crippen molar-refractivity contribution in [1.82, 2.24) is 4.31 Å². The molecule has 0 heterocycles. The van der Waals surface area contributed by atoms with Crippen LogP contribution in [0.5, 0.6) is 0 Å². The van der Waals surface area contributed by atoms with E-state index in [2.05, 4.69) is 5.32 Å². The Morgan fingerprint density at radius 2 is 1.95 bits per heavy atom. The maximum Gasteiger partial charge on any atom is 0.248 e. The molecular weight excluding hydrogens is 276 g/mol. The number of amides is 1. The molecule has 0 aromatic heterocycles. The van der Waals surface area contributed by atoms with Crippen molar-refractivity contribution < 1.29 is 13.2 Å². The van der Waals surface area contributed by atoms with Gasteiger partial charge in [0.05, 0.1) is 4.90 Å². The van der Waals surface area contributed by atoms with E-state index in [1.165, 1.54) is 32.3 Å². The van der Waals surface area contributed by atoms with Gasteiger partial charge in [0, 0.05) is 25.9 Å². The van der Waals surface area contributed by atoms with Crippen molar-refractivity contribution in [2.45, 2.75) is 11.8 Å². The lowest BCUT2D eigenvalue weighted by molar-refractivity contribution is -0.111. The Kier molecular flexibility index (Phi) is 5.66. The molecule has 0 unspecified atom stereocenters. The van der Waals surface area contributed by atoms with Gasteiger partial charge in [-0.05, 0) is 25.1 Å². The summed E-state index contributed by atoms with van der Waals surface area (Å²) in [5.41, 5.74) is 0.433. The molecule has 1 rings (SSSR count). The Labute approximate surface area is 119 Å². The maximum absolute atomic E-state index is 12.0. The van der Waals surface area contributed by atoms with Crippen LogP contribution in [0.1, 0.15) is 6.92 Å². The molecular formula is C14H18N2O3S. The molecule has 6 heteroatoms. The number of sulfonamides is 1. The number of carbonyl (C=O) groups excluding carboxylic acids is 1.